The molecule has 44 heavy (non-hydrogen) atoms. The van der Waals surface area contributed by atoms with Crippen LogP contribution in [0.1, 0.15) is 38.8 Å². The summed E-state index contributed by atoms with van der Waals surface area (Å²) in [5, 5.41) is 0. The Kier molecular flexibility index (Phi) is 5.86. The summed E-state index contributed by atoms with van der Waals surface area (Å²) in [5.74, 6) is 0.920. The van der Waals surface area contributed by atoms with Crippen LogP contribution >= 0.6 is 0 Å². The van der Waals surface area contributed by atoms with Gasteiger partial charge in [0.05, 0.1) is 5.54 Å². The second-order valence-electron chi connectivity index (χ2n) is 12.9. The van der Waals surface area contributed by atoms with Crippen molar-refractivity contribution in [3.63, 3.8) is 0 Å². The van der Waals surface area contributed by atoms with E-state index in [0.29, 0.717) is 0 Å². The van der Waals surface area contributed by atoms with Crippen molar-refractivity contribution >= 4 is 11.4 Å². The number of fused-ring (bicyclic) bond motifs is 10. The third kappa shape index (κ3) is 3.94. The van der Waals surface area contributed by atoms with Crippen molar-refractivity contribution < 1.29 is 4.74 Å². The summed E-state index contributed by atoms with van der Waals surface area (Å²) < 4.78 is 6.78. The summed E-state index contributed by atoms with van der Waals surface area (Å²) in [5.41, 5.74) is 13.7. The van der Waals surface area contributed by atoms with Crippen LogP contribution in [0.4, 0.5) is 11.4 Å². The van der Waals surface area contributed by atoms with Crippen LogP contribution < -0.4 is 9.64 Å². The summed E-state index contributed by atoms with van der Waals surface area (Å²) in [4.78, 5) is 2.52. The molecule has 8 rings (SSSR count). The topological polar surface area (TPSA) is 12.5 Å². The predicted molar refractivity (Wildman–Crippen MR) is 183 cm³/mol. The number of hydrogen-bond acceptors (Lipinski definition) is 2. The lowest BCUT2D eigenvalue weighted by molar-refractivity contribution is 0.103. The van der Waals surface area contributed by atoms with Gasteiger partial charge in [0.25, 0.3) is 0 Å². The smallest absolute Gasteiger partial charge is 0.130 e. The Labute approximate surface area is 260 Å². The molecule has 0 saturated carbocycles. The largest absolute Gasteiger partial charge is 0.483 e. The molecule has 1 aliphatic carbocycles. The van der Waals surface area contributed by atoms with Gasteiger partial charge in [0.15, 0.2) is 0 Å². The van der Waals surface area contributed by atoms with Crippen molar-refractivity contribution in [1.82, 2.24) is 0 Å². The zero-order valence-corrected chi connectivity index (χ0v) is 25.6. The average Bonchev–Trinajstić information content (AvgIpc) is 3.04. The van der Waals surface area contributed by atoms with Gasteiger partial charge in [-0.25, -0.2) is 0 Å². The van der Waals surface area contributed by atoms with E-state index >= 15 is 0 Å². The van der Waals surface area contributed by atoms with Crippen LogP contribution in [0, 0.1) is 0 Å². The zero-order chi connectivity index (χ0) is 30.1. The summed E-state index contributed by atoms with van der Waals surface area (Å²) >= 11 is 0. The highest BCUT2D eigenvalue weighted by molar-refractivity contribution is 6.03. The molecule has 2 heteroatoms. The van der Waals surface area contributed by atoms with Gasteiger partial charge in [-0.1, -0.05) is 115 Å². The minimum Gasteiger partial charge on any atom is -0.483 e. The molecule has 0 amide bonds. The lowest BCUT2D eigenvalue weighted by atomic mass is 9.80. The van der Waals surface area contributed by atoms with Crippen LogP contribution in [0.3, 0.4) is 0 Å². The Bertz CT molecular complexity index is 2060. The maximum atomic E-state index is 6.78. The van der Waals surface area contributed by atoms with Crippen LogP contribution in [0.5, 0.6) is 5.75 Å². The van der Waals surface area contributed by atoms with E-state index in [1.807, 2.05) is 0 Å². The van der Waals surface area contributed by atoms with E-state index in [1.54, 1.807) is 0 Å². The maximum absolute atomic E-state index is 6.78. The fourth-order valence-corrected chi connectivity index (χ4v) is 7.44. The molecular weight excluding hydrogens is 534 g/mol. The van der Waals surface area contributed by atoms with Crippen molar-refractivity contribution in [3.05, 3.63) is 151 Å². The van der Waals surface area contributed by atoms with Gasteiger partial charge in [0, 0.05) is 22.5 Å². The highest BCUT2D eigenvalue weighted by Crippen LogP contribution is 2.52. The van der Waals surface area contributed by atoms with Gasteiger partial charge in [-0.15, -0.1) is 0 Å². The molecule has 0 bridgehead atoms. The molecule has 0 N–H and O–H groups in total. The Balaban J connectivity index is 1.44. The Hall–Kier alpha value is -5.08. The summed E-state index contributed by atoms with van der Waals surface area (Å²) in [6.45, 7) is 8.95. The maximum Gasteiger partial charge on any atom is 0.130 e. The molecule has 2 aliphatic rings. The molecule has 0 spiro atoms. The highest BCUT2D eigenvalue weighted by atomic mass is 16.5. The fraction of sp³-hybridized carbons (Fsp3) is 0.143. The quantitative estimate of drug-likeness (QED) is 0.195. The second-order valence-corrected chi connectivity index (χ2v) is 12.9. The van der Waals surface area contributed by atoms with Gasteiger partial charge < -0.3 is 9.64 Å². The summed E-state index contributed by atoms with van der Waals surface area (Å²) in [6, 6.07) is 50.8. The van der Waals surface area contributed by atoms with Gasteiger partial charge in [0.1, 0.15) is 11.4 Å². The Morgan fingerprint density at radius 2 is 0.864 bits per heavy atom. The molecule has 0 fully saturated rings. The van der Waals surface area contributed by atoms with E-state index in [9.17, 15) is 0 Å². The number of para-hydroxylation sites is 2. The van der Waals surface area contributed by atoms with E-state index in [2.05, 4.69) is 172 Å². The van der Waals surface area contributed by atoms with E-state index < -0.39 is 11.1 Å². The van der Waals surface area contributed by atoms with Gasteiger partial charge in [-0.2, -0.15) is 0 Å². The average molecular weight is 570 g/mol. The number of ether oxygens (including phenoxy) is 1. The van der Waals surface area contributed by atoms with E-state index in [1.165, 1.54) is 44.5 Å². The third-order valence-electron chi connectivity index (χ3n) is 9.47. The standard InChI is InChI=1S/C42H35NO/c1-41(2)38-22-12-14-24-40(38)44-42(3,4)37-21-11-13-23-39(37)43(41)28-25-26-35-33-19-8-7-17-31(33)29-15-5-6-16-30(29)32-18-9-10-20-34(32)36(35)27-28/h5-27H,1-4H3. The van der Waals surface area contributed by atoms with Crippen molar-refractivity contribution in [1.29, 1.82) is 0 Å². The highest BCUT2D eigenvalue weighted by Gasteiger charge is 2.40. The molecule has 0 unspecified atom stereocenters. The second kappa shape index (κ2) is 9.72. The molecule has 214 valence electrons. The Morgan fingerprint density at radius 3 is 1.43 bits per heavy atom. The molecule has 2 nitrogen and oxygen atoms in total. The van der Waals surface area contributed by atoms with Crippen molar-refractivity contribution in [2.75, 3.05) is 4.90 Å². The summed E-state index contributed by atoms with van der Waals surface area (Å²) in [7, 11) is 0. The molecule has 0 radical (unpaired) electrons. The van der Waals surface area contributed by atoms with E-state index in [0.717, 1.165) is 28.3 Å². The molecule has 0 aromatic heterocycles. The number of hydrogen-bond donors (Lipinski definition) is 0. The van der Waals surface area contributed by atoms with Gasteiger partial charge in [0.2, 0.25) is 0 Å². The molecule has 1 aliphatic heterocycles. The fourth-order valence-electron chi connectivity index (χ4n) is 7.44. The van der Waals surface area contributed by atoms with Crippen LogP contribution in [-0.2, 0) is 11.1 Å². The molecule has 6 aromatic rings. The number of nitrogens with zero attached hydrogens (tertiary/aromatic N) is 1. The van der Waals surface area contributed by atoms with Crippen LogP contribution in [0.15, 0.2) is 140 Å². The zero-order valence-electron chi connectivity index (χ0n) is 25.6. The van der Waals surface area contributed by atoms with Crippen molar-refractivity contribution in [2.45, 2.75) is 38.8 Å². The molecular formula is C42H35NO. The first-order valence-corrected chi connectivity index (χ1v) is 15.5. The summed E-state index contributed by atoms with van der Waals surface area (Å²) in [6.07, 6.45) is 0. The monoisotopic (exact) mass is 569 g/mol. The van der Waals surface area contributed by atoms with Gasteiger partial charge in [-0.05, 0) is 96.5 Å². The SMILES string of the molecule is CC1(C)Oc2ccccc2C(C)(C)N(c2ccc3c(c2)-c2ccccc2-c2ccccc2-c2ccccc2-3)c2ccccc21. The normalized spacial score (nSPS) is 15.3. The molecule has 1 heterocycles. The minimum atomic E-state index is -0.527. The van der Waals surface area contributed by atoms with Gasteiger partial charge >= 0.3 is 0 Å². The van der Waals surface area contributed by atoms with Crippen molar-refractivity contribution in [3.8, 4) is 50.3 Å². The van der Waals surface area contributed by atoms with E-state index in [4.69, 9.17) is 4.74 Å². The third-order valence-corrected chi connectivity index (χ3v) is 9.47. The predicted octanol–water partition coefficient (Wildman–Crippen LogP) is 11.4. The number of anilines is 2. The van der Waals surface area contributed by atoms with Gasteiger partial charge in [-0.3, -0.25) is 0 Å². The molecule has 6 aromatic carbocycles. The number of benzene rings is 6. The van der Waals surface area contributed by atoms with E-state index in [-0.39, 0.29) is 0 Å². The lowest BCUT2D eigenvalue weighted by Gasteiger charge is -2.47. The first-order chi connectivity index (χ1) is 21.3. The number of rotatable bonds is 1. The van der Waals surface area contributed by atoms with Crippen LogP contribution in [0.25, 0.3) is 44.5 Å². The first kappa shape index (κ1) is 26.5. The van der Waals surface area contributed by atoms with Crippen molar-refractivity contribution in [2.24, 2.45) is 0 Å². The first-order valence-electron chi connectivity index (χ1n) is 15.5. The Morgan fingerprint density at radius 1 is 0.432 bits per heavy atom. The van der Waals surface area contributed by atoms with Crippen LogP contribution in [-0.4, -0.2) is 0 Å². The van der Waals surface area contributed by atoms with Crippen LogP contribution in [0.2, 0.25) is 0 Å². The lowest BCUT2D eigenvalue weighted by Crippen LogP contribution is -2.43. The molecule has 0 atom stereocenters. The minimum absolute atomic E-state index is 0.414. The molecule has 0 saturated heterocycles.